The zero-order valence-electron chi connectivity index (χ0n) is 10.8. The van der Waals surface area contributed by atoms with E-state index < -0.39 is 26.7 Å². The molecule has 0 aliphatic heterocycles. The number of nitrogens with two attached hydrogens (primary N) is 1. The van der Waals surface area contributed by atoms with E-state index in [-0.39, 0.29) is 25.2 Å². The number of alkyl halides is 3. The van der Waals surface area contributed by atoms with Gasteiger partial charge < -0.3 is 10.9 Å². The van der Waals surface area contributed by atoms with Crippen LogP contribution in [0.2, 0.25) is 0 Å². The van der Waals surface area contributed by atoms with Gasteiger partial charge in [0.15, 0.2) is 0 Å². The van der Waals surface area contributed by atoms with Crippen LogP contribution in [-0.4, -0.2) is 26.0 Å². The van der Waals surface area contributed by atoms with Gasteiger partial charge in [0.1, 0.15) is 5.84 Å². The Kier molecular flexibility index (Phi) is 5.55. The third kappa shape index (κ3) is 4.90. The molecule has 1 aromatic rings. The minimum Gasteiger partial charge on any atom is -0.409 e. The molecule has 1 aromatic carbocycles. The van der Waals surface area contributed by atoms with E-state index in [0.29, 0.717) is 6.07 Å². The maximum Gasteiger partial charge on any atom is 0.417 e. The van der Waals surface area contributed by atoms with Crippen LogP contribution in [-0.2, 0) is 16.2 Å². The summed E-state index contributed by atoms with van der Waals surface area (Å²) in [5.41, 5.74) is 3.96. The fraction of sp³-hybridized carbons (Fsp3) is 0.364. The smallest absolute Gasteiger partial charge is 0.409 e. The van der Waals surface area contributed by atoms with Gasteiger partial charge in [-0.1, -0.05) is 17.3 Å². The Morgan fingerprint density at radius 1 is 1.33 bits per heavy atom. The summed E-state index contributed by atoms with van der Waals surface area (Å²) in [7, 11) is -4.29. The number of nitrogens with zero attached hydrogens (tertiary/aromatic N) is 1. The van der Waals surface area contributed by atoms with Gasteiger partial charge in [0, 0.05) is 13.0 Å². The second-order valence-electron chi connectivity index (χ2n) is 4.09. The second-order valence-corrected chi connectivity index (χ2v) is 5.82. The average molecular weight is 325 g/mol. The number of benzene rings is 1. The van der Waals surface area contributed by atoms with E-state index in [1.54, 1.807) is 0 Å². The Hall–Kier alpha value is -1.81. The van der Waals surface area contributed by atoms with Gasteiger partial charge in [-0.15, -0.1) is 0 Å². The molecule has 21 heavy (non-hydrogen) atoms. The lowest BCUT2D eigenvalue weighted by Crippen LogP contribution is -2.28. The monoisotopic (exact) mass is 325 g/mol. The first-order chi connectivity index (χ1) is 9.68. The van der Waals surface area contributed by atoms with Gasteiger partial charge in [0.05, 0.1) is 10.5 Å². The molecule has 1 rings (SSSR count). The van der Waals surface area contributed by atoms with Crippen molar-refractivity contribution in [2.45, 2.75) is 23.9 Å². The Labute approximate surface area is 119 Å². The van der Waals surface area contributed by atoms with Crippen molar-refractivity contribution in [2.24, 2.45) is 10.9 Å². The van der Waals surface area contributed by atoms with E-state index in [2.05, 4.69) is 5.16 Å². The molecule has 0 radical (unpaired) electrons. The Morgan fingerprint density at radius 2 is 1.95 bits per heavy atom. The molecule has 10 heteroatoms. The van der Waals surface area contributed by atoms with Crippen molar-refractivity contribution in [1.29, 1.82) is 0 Å². The molecule has 118 valence electrons. The molecule has 0 heterocycles. The van der Waals surface area contributed by atoms with E-state index in [1.165, 1.54) is 6.07 Å². The van der Waals surface area contributed by atoms with Gasteiger partial charge in [-0.3, -0.25) is 0 Å². The number of oxime groups is 1. The molecular weight excluding hydrogens is 311 g/mol. The van der Waals surface area contributed by atoms with Gasteiger partial charge in [-0.25, -0.2) is 13.1 Å². The zero-order valence-corrected chi connectivity index (χ0v) is 11.6. The highest BCUT2D eigenvalue weighted by atomic mass is 32.2. The average Bonchev–Trinajstić information content (AvgIpc) is 2.42. The summed E-state index contributed by atoms with van der Waals surface area (Å²) < 4.78 is 64.1. The summed E-state index contributed by atoms with van der Waals surface area (Å²) in [6, 6.07) is 3.90. The van der Waals surface area contributed by atoms with Gasteiger partial charge >= 0.3 is 6.18 Å². The summed E-state index contributed by atoms with van der Waals surface area (Å²) in [4.78, 5) is -0.832. The van der Waals surface area contributed by atoms with Gasteiger partial charge in [0.2, 0.25) is 10.0 Å². The molecule has 6 nitrogen and oxygen atoms in total. The van der Waals surface area contributed by atoms with Gasteiger partial charge in [0.25, 0.3) is 0 Å². The SMILES string of the molecule is NC(CCCNS(=O)(=O)c1ccccc1C(F)(F)F)=NO. The van der Waals surface area contributed by atoms with Crippen LogP contribution < -0.4 is 10.5 Å². The molecular formula is C11H14F3N3O3S. The van der Waals surface area contributed by atoms with Crippen LogP contribution in [0.1, 0.15) is 18.4 Å². The van der Waals surface area contributed by atoms with Crippen molar-refractivity contribution >= 4 is 15.9 Å². The highest BCUT2D eigenvalue weighted by Crippen LogP contribution is 2.33. The molecule has 0 spiro atoms. The van der Waals surface area contributed by atoms with Gasteiger partial charge in [-0.2, -0.15) is 13.2 Å². The van der Waals surface area contributed by atoms with Crippen LogP contribution in [0.25, 0.3) is 0 Å². The Balaban J connectivity index is 2.85. The van der Waals surface area contributed by atoms with Crippen molar-refractivity contribution in [3.63, 3.8) is 0 Å². The van der Waals surface area contributed by atoms with Crippen LogP contribution in [0.5, 0.6) is 0 Å². The molecule has 0 aromatic heterocycles. The predicted octanol–water partition coefficient (Wildman–Crippen LogP) is 1.51. The summed E-state index contributed by atoms with van der Waals surface area (Å²) in [6.07, 6.45) is -4.47. The normalized spacial score (nSPS) is 13.4. The number of halogens is 3. The minimum atomic E-state index is -4.76. The van der Waals surface area contributed by atoms with Crippen molar-refractivity contribution in [3.05, 3.63) is 29.8 Å². The van der Waals surface area contributed by atoms with Crippen LogP contribution >= 0.6 is 0 Å². The second kappa shape index (κ2) is 6.76. The number of hydrogen-bond donors (Lipinski definition) is 3. The van der Waals surface area contributed by atoms with Gasteiger partial charge in [-0.05, 0) is 18.6 Å². The van der Waals surface area contributed by atoms with E-state index in [1.807, 2.05) is 4.72 Å². The van der Waals surface area contributed by atoms with Crippen LogP contribution in [0, 0.1) is 0 Å². The van der Waals surface area contributed by atoms with E-state index in [9.17, 15) is 21.6 Å². The summed E-state index contributed by atoms with van der Waals surface area (Å²) >= 11 is 0. The number of amidine groups is 1. The van der Waals surface area contributed by atoms with Crippen molar-refractivity contribution in [3.8, 4) is 0 Å². The maximum absolute atomic E-state index is 12.8. The Morgan fingerprint density at radius 3 is 2.52 bits per heavy atom. The number of rotatable bonds is 6. The first kappa shape index (κ1) is 17.2. The largest absolute Gasteiger partial charge is 0.417 e. The minimum absolute atomic E-state index is 0.0927. The molecule has 0 amide bonds. The van der Waals surface area contributed by atoms with E-state index in [4.69, 9.17) is 10.9 Å². The quantitative estimate of drug-likeness (QED) is 0.242. The van der Waals surface area contributed by atoms with E-state index >= 15 is 0 Å². The predicted molar refractivity (Wildman–Crippen MR) is 69.3 cm³/mol. The molecule has 0 saturated heterocycles. The topological polar surface area (TPSA) is 105 Å². The lowest BCUT2D eigenvalue weighted by Gasteiger charge is -2.13. The lowest BCUT2D eigenvalue weighted by molar-refractivity contribution is -0.139. The molecule has 0 unspecified atom stereocenters. The van der Waals surface area contributed by atoms with Crippen LogP contribution in [0.3, 0.4) is 0 Å². The highest BCUT2D eigenvalue weighted by Gasteiger charge is 2.36. The molecule has 4 N–H and O–H groups in total. The van der Waals surface area contributed by atoms with Crippen LogP contribution in [0.15, 0.2) is 34.3 Å². The molecule has 0 aliphatic rings. The van der Waals surface area contributed by atoms with Crippen molar-refractivity contribution < 1.29 is 26.8 Å². The summed E-state index contributed by atoms with van der Waals surface area (Å²) in [5.74, 6) is -0.0927. The first-order valence-corrected chi connectivity index (χ1v) is 7.29. The highest BCUT2D eigenvalue weighted by molar-refractivity contribution is 7.89. The number of nitrogens with one attached hydrogen (secondary N) is 1. The Bertz CT molecular complexity index is 615. The first-order valence-electron chi connectivity index (χ1n) is 5.81. The third-order valence-electron chi connectivity index (χ3n) is 2.51. The molecule has 0 bridgehead atoms. The third-order valence-corrected chi connectivity index (χ3v) is 4.03. The fourth-order valence-electron chi connectivity index (χ4n) is 1.54. The number of hydrogen-bond acceptors (Lipinski definition) is 4. The lowest BCUT2D eigenvalue weighted by atomic mass is 10.2. The van der Waals surface area contributed by atoms with Crippen molar-refractivity contribution in [1.82, 2.24) is 4.72 Å². The molecule has 0 saturated carbocycles. The van der Waals surface area contributed by atoms with E-state index in [0.717, 1.165) is 12.1 Å². The number of sulfonamides is 1. The zero-order chi connectivity index (χ0) is 16.1. The summed E-state index contributed by atoms with van der Waals surface area (Å²) in [6.45, 7) is -0.134. The molecule has 0 fully saturated rings. The van der Waals surface area contributed by atoms with Crippen molar-refractivity contribution in [2.75, 3.05) is 6.54 Å². The fourth-order valence-corrected chi connectivity index (χ4v) is 2.84. The molecule has 0 aliphatic carbocycles. The molecule has 0 atom stereocenters. The summed E-state index contributed by atoms with van der Waals surface area (Å²) in [5, 5.41) is 11.0. The van der Waals surface area contributed by atoms with Crippen LogP contribution in [0.4, 0.5) is 13.2 Å². The standard InChI is InChI=1S/C11H14F3N3O3S/c12-11(13,14)8-4-1-2-5-9(8)21(19,20)16-7-3-6-10(15)17-18/h1-2,4-5,16,18H,3,6-7H2,(H2,15,17). The maximum atomic E-state index is 12.8.